The predicted molar refractivity (Wildman–Crippen MR) is 154 cm³/mol. The lowest BCUT2D eigenvalue weighted by Crippen LogP contribution is -2.46. The molecule has 0 radical (unpaired) electrons. The number of aryl methyl sites for hydroxylation is 2. The largest absolute Gasteiger partial charge is 0.354 e. The molecule has 0 spiro atoms. The zero-order valence-electron chi connectivity index (χ0n) is 22.7. The van der Waals surface area contributed by atoms with Crippen molar-refractivity contribution in [1.29, 1.82) is 0 Å². The number of pyridine rings is 1. The number of anilines is 1. The molecule has 2 aliphatic carbocycles. The van der Waals surface area contributed by atoms with E-state index in [1.165, 1.54) is 48.6 Å². The number of hydrogen-bond acceptors (Lipinski definition) is 6. The molecule has 0 amide bonds. The van der Waals surface area contributed by atoms with Crippen LogP contribution in [-0.4, -0.2) is 52.3 Å². The Balaban J connectivity index is 0.980. The summed E-state index contributed by atoms with van der Waals surface area (Å²) in [5.74, 6) is 9.54. The van der Waals surface area contributed by atoms with Gasteiger partial charge in [0.2, 0.25) is 0 Å². The van der Waals surface area contributed by atoms with Crippen LogP contribution in [0, 0.1) is 11.8 Å². The summed E-state index contributed by atoms with van der Waals surface area (Å²) in [6.07, 6.45) is 12.6. The van der Waals surface area contributed by atoms with E-state index in [-0.39, 0.29) is 5.56 Å². The number of nitrogen functional groups attached to an aromatic ring is 1. The highest BCUT2D eigenvalue weighted by atomic mass is 16.1. The summed E-state index contributed by atoms with van der Waals surface area (Å²) in [5.41, 5.74) is 2.99. The minimum Gasteiger partial charge on any atom is -0.354 e. The molecular formula is C31H42N6O. The van der Waals surface area contributed by atoms with Gasteiger partial charge in [0.15, 0.2) is 0 Å². The van der Waals surface area contributed by atoms with Crippen LogP contribution < -0.4 is 16.3 Å². The molecule has 3 aliphatic rings. The average Bonchev–Trinajstić information content (AvgIpc) is 2.98. The Morgan fingerprint density at radius 2 is 1.68 bits per heavy atom. The van der Waals surface area contributed by atoms with E-state index in [0.29, 0.717) is 5.92 Å². The number of nitrogens with zero attached hydrogens (tertiary/aromatic N) is 5. The van der Waals surface area contributed by atoms with E-state index < -0.39 is 0 Å². The number of piperazine rings is 1. The molecule has 6 rings (SSSR count). The maximum Gasteiger partial charge on any atom is 0.275 e. The molecule has 202 valence electrons. The predicted octanol–water partition coefficient (Wildman–Crippen LogP) is 4.34. The van der Waals surface area contributed by atoms with Gasteiger partial charge >= 0.3 is 0 Å². The van der Waals surface area contributed by atoms with E-state index >= 15 is 0 Å². The fraction of sp³-hybridized carbons (Fsp3) is 0.581. The summed E-state index contributed by atoms with van der Waals surface area (Å²) in [4.78, 5) is 27.9. The van der Waals surface area contributed by atoms with Crippen molar-refractivity contribution in [2.24, 2.45) is 11.8 Å². The van der Waals surface area contributed by atoms with Gasteiger partial charge in [-0.3, -0.25) is 9.69 Å². The van der Waals surface area contributed by atoms with Crippen LogP contribution in [0.25, 0.3) is 10.9 Å². The van der Waals surface area contributed by atoms with Crippen LogP contribution in [0.3, 0.4) is 0 Å². The zero-order chi connectivity index (χ0) is 25.9. The lowest BCUT2D eigenvalue weighted by molar-refractivity contribution is 0.225. The van der Waals surface area contributed by atoms with Crippen molar-refractivity contribution in [1.82, 2.24) is 19.5 Å². The normalized spacial score (nSPS) is 21.1. The molecule has 2 fully saturated rings. The van der Waals surface area contributed by atoms with Crippen molar-refractivity contribution < 1.29 is 0 Å². The van der Waals surface area contributed by atoms with E-state index in [2.05, 4.69) is 40.1 Å². The maximum absolute atomic E-state index is 13.1. The van der Waals surface area contributed by atoms with E-state index in [1.807, 2.05) is 6.07 Å². The molecule has 1 saturated carbocycles. The Kier molecular flexibility index (Phi) is 7.63. The Labute approximate surface area is 226 Å². The Morgan fingerprint density at radius 1 is 0.868 bits per heavy atom. The minimum absolute atomic E-state index is 0.00364. The molecule has 7 nitrogen and oxygen atoms in total. The molecular weight excluding hydrogens is 472 g/mol. The van der Waals surface area contributed by atoms with Crippen LogP contribution in [0.2, 0.25) is 0 Å². The van der Waals surface area contributed by atoms with Gasteiger partial charge < -0.3 is 10.7 Å². The van der Waals surface area contributed by atoms with E-state index in [1.54, 1.807) is 0 Å². The van der Waals surface area contributed by atoms with Gasteiger partial charge in [-0.15, -0.1) is 0 Å². The highest BCUT2D eigenvalue weighted by Crippen LogP contribution is 2.36. The SMILES string of the molecule is Nn1c(CCCCN2CCN(c3ccc4ccccc4n3)CC2)nc2c(c1=O)CC(C1CCCCC1)CC2. The van der Waals surface area contributed by atoms with Crippen molar-refractivity contribution in [2.45, 2.75) is 70.6 Å². The number of rotatable bonds is 7. The van der Waals surface area contributed by atoms with Gasteiger partial charge in [0.05, 0.1) is 11.2 Å². The number of benzene rings is 1. The Morgan fingerprint density at radius 3 is 2.53 bits per heavy atom. The van der Waals surface area contributed by atoms with Crippen molar-refractivity contribution in [2.75, 3.05) is 43.5 Å². The van der Waals surface area contributed by atoms with Crippen molar-refractivity contribution >= 4 is 16.7 Å². The van der Waals surface area contributed by atoms with Gasteiger partial charge in [-0.1, -0.05) is 50.3 Å². The van der Waals surface area contributed by atoms with Crippen molar-refractivity contribution in [3.63, 3.8) is 0 Å². The highest BCUT2D eigenvalue weighted by molar-refractivity contribution is 5.80. The number of fused-ring (bicyclic) bond motifs is 2. The number of unbranched alkanes of at least 4 members (excludes halogenated alkanes) is 1. The Bertz CT molecular complexity index is 1310. The molecule has 3 heterocycles. The summed E-state index contributed by atoms with van der Waals surface area (Å²) in [7, 11) is 0. The number of para-hydroxylation sites is 1. The van der Waals surface area contributed by atoms with Gasteiger partial charge in [-0.25, -0.2) is 14.6 Å². The topological polar surface area (TPSA) is 80.3 Å². The fourth-order valence-corrected chi connectivity index (χ4v) is 7.00. The first-order valence-electron chi connectivity index (χ1n) is 14.9. The van der Waals surface area contributed by atoms with Crippen LogP contribution in [0.4, 0.5) is 5.82 Å². The molecule has 0 bridgehead atoms. The van der Waals surface area contributed by atoms with Gasteiger partial charge in [0.1, 0.15) is 11.6 Å². The first kappa shape index (κ1) is 25.4. The molecule has 1 unspecified atom stereocenters. The first-order valence-corrected chi connectivity index (χ1v) is 14.9. The second-order valence-corrected chi connectivity index (χ2v) is 11.7. The minimum atomic E-state index is 0.00364. The molecule has 7 heteroatoms. The fourth-order valence-electron chi connectivity index (χ4n) is 7.00. The van der Waals surface area contributed by atoms with Crippen molar-refractivity contribution in [3.05, 3.63) is 63.8 Å². The average molecular weight is 515 g/mol. The van der Waals surface area contributed by atoms with Crippen LogP contribution in [0.1, 0.15) is 68.4 Å². The smallest absolute Gasteiger partial charge is 0.275 e. The van der Waals surface area contributed by atoms with Gasteiger partial charge in [0.25, 0.3) is 5.56 Å². The third-order valence-electron chi connectivity index (χ3n) is 9.31. The number of nitrogens with two attached hydrogens (primary N) is 1. The van der Waals surface area contributed by atoms with Gasteiger partial charge in [-0.2, -0.15) is 0 Å². The maximum atomic E-state index is 13.1. The van der Waals surface area contributed by atoms with E-state index in [9.17, 15) is 4.79 Å². The lowest BCUT2D eigenvalue weighted by Gasteiger charge is -2.35. The highest BCUT2D eigenvalue weighted by Gasteiger charge is 2.30. The van der Waals surface area contributed by atoms with Gasteiger partial charge in [-0.05, 0) is 68.7 Å². The lowest BCUT2D eigenvalue weighted by atomic mass is 9.73. The molecule has 3 aromatic rings. The standard InChI is InChI=1S/C31H42N6O/c32-37-30(34-28-15-13-25(22-26(28)31(37)38)23-8-2-1-3-9-23)12-6-7-17-35-18-20-36(21-19-35)29-16-14-24-10-4-5-11-27(24)33-29/h4-5,10-11,14,16,23,25H,1-3,6-9,12-13,15,17-22,32H2. The Hall–Kier alpha value is -2.93. The first-order chi connectivity index (χ1) is 18.7. The summed E-state index contributed by atoms with van der Waals surface area (Å²) < 4.78 is 1.36. The summed E-state index contributed by atoms with van der Waals surface area (Å²) in [5, 5.41) is 1.19. The molecule has 38 heavy (non-hydrogen) atoms. The third-order valence-corrected chi connectivity index (χ3v) is 9.31. The van der Waals surface area contributed by atoms with Crippen LogP contribution in [0.15, 0.2) is 41.2 Å². The number of hydrogen-bond donors (Lipinski definition) is 1. The molecule has 2 aromatic heterocycles. The van der Waals surface area contributed by atoms with Crippen molar-refractivity contribution in [3.8, 4) is 0 Å². The van der Waals surface area contributed by atoms with Gasteiger partial charge in [0, 0.05) is 43.5 Å². The molecule has 1 aliphatic heterocycles. The quantitative estimate of drug-likeness (QED) is 0.373. The number of aromatic nitrogens is 3. The van der Waals surface area contributed by atoms with Crippen LogP contribution in [-0.2, 0) is 19.3 Å². The monoisotopic (exact) mass is 514 g/mol. The van der Waals surface area contributed by atoms with E-state index in [4.69, 9.17) is 15.8 Å². The molecule has 1 saturated heterocycles. The van der Waals surface area contributed by atoms with Crippen LogP contribution >= 0.6 is 0 Å². The second kappa shape index (κ2) is 11.4. The summed E-state index contributed by atoms with van der Waals surface area (Å²) in [6.45, 7) is 5.18. The second-order valence-electron chi connectivity index (χ2n) is 11.7. The summed E-state index contributed by atoms with van der Waals surface area (Å²) >= 11 is 0. The van der Waals surface area contributed by atoms with E-state index in [0.717, 1.165) is 99.2 Å². The summed E-state index contributed by atoms with van der Waals surface area (Å²) in [6, 6.07) is 12.6. The zero-order valence-corrected chi connectivity index (χ0v) is 22.7. The molecule has 1 aromatic carbocycles. The van der Waals surface area contributed by atoms with Crippen LogP contribution in [0.5, 0.6) is 0 Å². The molecule has 2 N–H and O–H groups in total. The third kappa shape index (κ3) is 5.44. The molecule has 1 atom stereocenters.